The van der Waals surface area contributed by atoms with Crippen LogP contribution in [-0.2, 0) is 0 Å². The van der Waals surface area contributed by atoms with Crippen molar-refractivity contribution in [2.45, 2.75) is 19.8 Å². The van der Waals surface area contributed by atoms with Gasteiger partial charge in [-0.15, -0.1) is 0 Å². The van der Waals surface area contributed by atoms with Crippen LogP contribution in [-0.4, -0.2) is 10.2 Å². The van der Waals surface area contributed by atoms with Crippen molar-refractivity contribution in [1.82, 2.24) is 0 Å². The first-order valence-corrected chi connectivity index (χ1v) is 4.53. The molecule has 12 heavy (non-hydrogen) atoms. The monoisotopic (exact) mass is 230 g/mol. The Morgan fingerprint density at radius 1 is 1.17 bits per heavy atom. The van der Waals surface area contributed by atoms with E-state index in [0.717, 1.165) is 10.0 Å². The third-order valence-electron chi connectivity index (χ3n) is 1.72. The molecule has 0 unspecified atom stereocenters. The van der Waals surface area contributed by atoms with Crippen LogP contribution in [0, 0.1) is 0 Å². The molecule has 1 aromatic rings. The van der Waals surface area contributed by atoms with E-state index < -0.39 is 0 Å². The average Bonchev–Trinajstić information content (AvgIpc) is 1.96. The van der Waals surface area contributed by atoms with Crippen molar-refractivity contribution in [2.24, 2.45) is 0 Å². The predicted molar refractivity (Wildman–Crippen MR) is 51.6 cm³/mol. The first-order valence-electron chi connectivity index (χ1n) is 3.73. The van der Waals surface area contributed by atoms with Gasteiger partial charge in [-0.25, -0.2) is 0 Å². The SMILES string of the molecule is CC(C)c1cc(O)c(O)cc1Br. The minimum absolute atomic E-state index is 0.0677. The number of phenolic OH excluding ortho intramolecular Hbond substituents is 2. The Morgan fingerprint density at radius 3 is 2.17 bits per heavy atom. The normalized spacial score (nSPS) is 10.7. The Kier molecular flexibility index (Phi) is 2.62. The number of aromatic hydroxyl groups is 2. The highest BCUT2D eigenvalue weighted by molar-refractivity contribution is 9.10. The van der Waals surface area contributed by atoms with Crippen molar-refractivity contribution in [2.75, 3.05) is 0 Å². The van der Waals surface area contributed by atoms with Gasteiger partial charge < -0.3 is 10.2 Å². The summed E-state index contributed by atoms with van der Waals surface area (Å²) in [6.45, 7) is 4.05. The van der Waals surface area contributed by atoms with E-state index in [9.17, 15) is 5.11 Å². The number of hydrogen-bond acceptors (Lipinski definition) is 2. The van der Waals surface area contributed by atoms with E-state index in [1.165, 1.54) is 6.07 Å². The molecule has 0 aliphatic carbocycles. The van der Waals surface area contributed by atoms with E-state index in [1.807, 2.05) is 13.8 Å². The fraction of sp³-hybridized carbons (Fsp3) is 0.333. The summed E-state index contributed by atoms with van der Waals surface area (Å²) in [5.41, 5.74) is 0.991. The van der Waals surface area contributed by atoms with Crippen LogP contribution < -0.4 is 0 Å². The zero-order valence-electron chi connectivity index (χ0n) is 7.00. The average molecular weight is 231 g/mol. The van der Waals surface area contributed by atoms with E-state index in [4.69, 9.17) is 5.11 Å². The molecule has 0 radical (unpaired) electrons. The lowest BCUT2D eigenvalue weighted by Gasteiger charge is -2.09. The molecule has 2 nitrogen and oxygen atoms in total. The Morgan fingerprint density at radius 2 is 1.67 bits per heavy atom. The molecule has 0 aromatic heterocycles. The van der Waals surface area contributed by atoms with Crippen molar-refractivity contribution < 1.29 is 10.2 Å². The standard InChI is InChI=1S/C9H11BrO2/c1-5(2)6-3-8(11)9(12)4-7(6)10/h3-5,11-12H,1-2H3. The number of halogens is 1. The van der Waals surface area contributed by atoms with Gasteiger partial charge >= 0.3 is 0 Å². The third kappa shape index (κ3) is 1.72. The summed E-state index contributed by atoms with van der Waals surface area (Å²) >= 11 is 3.31. The van der Waals surface area contributed by atoms with Crippen molar-refractivity contribution in [3.8, 4) is 11.5 Å². The summed E-state index contributed by atoms with van der Waals surface area (Å²) in [6, 6.07) is 3.08. The maximum absolute atomic E-state index is 9.20. The van der Waals surface area contributed by atoms with Crippen LogP contribution in [0.4, 0.5) is 0 Å². The lowest BCUT2D eigenvalue weighted by molar-refractivity contribution is 0.402. The van der Waals surface area contributed by atoms with Crippen molar-refractivity contribution in [1.29, 1.82) is 0 Å². The summed E-state index contributed by atoms with van der Waals surface area (Å²) in [5, 5.41) is 18.3. The van der Waals surface area contributed by atoms with Gasteiger partial charge in [0.1, 0.15) is 0 Å². The molecule has 0 heterocycles. The lowest BCUT2D eigenvalue weighted by atomic mass is 10.0. The minimum Gasteiger partial charge on any atom is -0.504 e. The Labute approximate surface area is 80.0 Å². The molecule has 0 saturated carbocycles. The highest BCUT2D eigenvalue weighted by atomic mass is 79.9. The minimum atomic E-state index is -0.0914. The largest absolute Gasteiger partial charge is 0.504 e. The maximum atomic E-state index is 9.20. The van der Waals surface area contributed by atoms with Crippen LogP contribution in [0.2, 0.25) is 0 Å². The molecular weight excluding hydrogens is 220 g/mol. The number of phenols is 2. The second kappa shape index (κ2) is 3.35. The van der Waals surface area contributed by atoms with Crippen molar-refractivity contribution in [3.05, 3.63) is 22.2 Å². The fourth-order valence-corrected chi connectivity index (χ4v) is 1.80. The van der Waals surface area contributed by atoms with Crippen LogP contribution in [0.15, 0.2) is 16.6 Å². The summed E-state index contributed by atoms with van der Waals surface area (Å²) in [7, 11) is 0. The van der Waals surface area contributed by atoms with Gasteiger partial charge in [0.2, 0.25) is 0 Å². The van der Waals surface area contributed by atoms with E-state index in [2.05, 4.69) is 15.9 Å². The molecule has 1 rings (SSSR count). The predicted octanol–water partition coefficient (Wildman–Crippen LogP) is 2.98. The fourth-order valence-electron chi connectivity index (χ4n) is 1.01. The maximum Gasteiger partial charge on any atom is 0.158 e. The van der Waals surface area contributed by atoms with Gasteiger partial charge in [-0.05, 0) is 23.6 Å². The van der Waals surface area contributed by atoms with Crippen LogP contribution in [0.5, 0.6) is 11.5 Å². The highest BCUT2D eigenvalue weighted by Crippen LogP contribution is 2.34. The molecule has 0 atom stereocenters. The molecule has 66 valence electrons. The van der Waals surface area contributed by atoms with Crippen LogP contribution >= 0.6 is 15.9 Å². The Hall–Kier alpha value is -0.700. The van der Waals surface area contributed by atoms with Gasteiger partial charge in [0, 0.05) is 4.47 Å². The summed E-state index contributed by atoms with van der Waals surface area (Å²) in [5.74, 6) is 0.166. The molecule has 0 aliphatic rings. The second-order valence-electron chi connectivity index (χ2n) is 3.02. The van der Waals surface area contributed by atoms with Gasteiger partial charge in [-0.3, -0.25) is 0 Å². The molecule has 1 aromatic carbocycles. The van der Waals surface area contributed by atoms with E-state index in [-0.39, 0.29) is 11.5 Å². The first kappa shape index (κ1) is 9.39. The first-order chi connectivity index (χ1) is 5.52. The zero-order valence-corrected chi connectivity index (χ0v) is 8.59. The van der Waals surface area contributed by atoms with Gasteiger partial charge in [0.25, 0.3) is 0 Å². The molecule has 0 spiro atoms. The summed E-state index contributed by atoms with van der Waals surface area (Å²) < 4.78 is 0.827. The Balaban J connectivity index is 3.23. The number of hydrogen-bond donors (Lipinski definition) is 2. The van der Waals surface area contributed by atoms with Crippen molar-refractivity contribution in [3.63, 3.8) is 0 Å². The quantitative estimate of drug-likeness (QED) is 0.729. The van der Waals surface area contributed by atoms with Gasteiger partial charge in [-0.1, -0.05) is 29.8 Å². The topological polar surface area (TPSA) is 40.5 Å². The Bertz CT molecular complexity index is 295. The molecule has 0 saturated heterocycles. The zero-order chi connectivity index (χ0) is 9.30. The summed E-state index contributed by atoms with van der Waals surface area (Å²) in [4.78, 5) is 0. The molecular formula is C9H11BrO2. The van der Waals surface area contributed by atoms with Crippen LogP contribution in [0.25, 0.3) is 0 Å². The molecule has 0 aliphatic heterocycles. The van der Waals surface area contributed by atoms with Crippen molar-refractivity contribution >= 4 is 15.9 Å². The number of rotatable bonds is 1. The lowest BCUT2D eigenvalue weighted by Crippen LogP contribution is -1.88. The molecule has 0 amide bonds. The van der Waals surface area contributed by atoms with E-state index >= 15 is 0 Å². The van der Waals surface area contributed by atoms with Crippen LogP contribution in [0.1, 0.15) is 25.3 Å². The molecule has 3 heteroatoms. The van der Waals surface area contributed by atoms with Gasteiger partial charge in [-0.2, -0.15) is 0 Å². The van der Waals surface area contributed by atoms with E-state index in [1.54, 1.807) is 6.07 Å². The van der Waals surface area contributed by atoms with E-state index in [0.29, 0.717) is 5.92 Å². The molecule has 2 N–H and O–H groups in total. The smallest absolute Gasteiger partial charge is 0.158 e. The molecule has 0 fully saturated rings. The van der Waals surface area contributed by atoms with Gasteiger partial charge in [0.15, 0.2) is 11.5 Å². The molecule has 0 bridgehead atoms. The third-order valence-corrected chi connectivity index (χ3v) is 2.40. The second-order valence-corrected chi connectivity index (χ2v) is 3.87. The van der Waals surface area contributed by atoms with Gasteiger partial charge in [0.05, 0.1) is 0 Å². The highest BCUT2D eigenvalue weighted by Gasteiger charge is 2.08. The van der Waals surface area contributed by atoms with Crippen LogP contribution in [0.3, 0.4) is 0 Å². The summed E-state index contributed by atoms with van der Waals surface area (Å²) in [6.07, 6.45) is 0. The number of benzene rings is 1.